The van der Waals surface area contributed by atoms with Gasteiger partial charge in [-0.3, -0.25) is 4.90 Å². The van der Waals surface area contributed by atoms with Gasteiger partial charge in [-0.05, 0) is 31.0 Å². The van der Waals surface area contributed by atoms with Gasteiger partial charge < -0.3 is 10.5 Å². The monoisotopic (exact) mass is 270 g/mol. The molecule has 1 aromatic rings. The predicted molar refractivity (Wildman–Crippen MR) is 69.8 cm³/mol. The van der Waals surface area contributed by atoms with Gasteiger partial charge >= 0.3 is 0 Å². The second-order valence-corrected chi connectivity index (χ2v) is 4.88. The summed E-state index contributed by atoms with van der Waals surface area (Å²) in [6, 6.07) is 3.65. The molecule has 106 valence electrons. The molecule has 1 aromatic carbocycles. The number of halogens is 2. The van der Waals surface area contributed by atoms with Crippen LogP contribution in [0.15, 0.2) is 18.2 Å². The largest absolute Gasteiger partial charge is 0.383 e. The highest BCUT2D eigenvalue weighted by Crippen LogP contribution is 2.34. The van der Waals surface area contributed by atoms with Crippen LogP contribution in [0.2, 0.25) is 0 Å². The third kappa shape index (κ3) is 3.49. The van der Waals surface area contributed by atoms with Gasteiger partial charge in [0.2, 0.25) is 0 Å². The minimum absolute atomic E-state index is 0.264. The summed E-state index contributed by atoms with van der Waals surface area (Å²) in [7, 11) is 1.63. The van der Waals surface area contributed by atoms with Crippen LogP contribution < -0.4 is 5.73 Å². The van der Waals surface area contributed by atoms with Crippen LogP contribution in [0.4, 0.5) is 8.78 Å². The molecule has 2 rings (SSSR count). The SMILES string of the molecule is COCCN(C1CC1)C(CN)c1cc(F)ccc1F. The molecular formula is C14H20F2N2O. The van der Waals surface area contributed by atoms with Gasteiger partial charge in [-0.15, -0.1) is 0 Å². The molecule has 0 bridgehead atoms. The number of methoxy groups -OCH3 is 1. The summed E-state index contributed by atoms with van der Waals surface area (Å²) in [6.07, 6.45) is 2.16. The van der Waals surface area contributed by atoms with Crippen molar-refractivity contribution < 1.29 is 13.5 Å². The lowest BCUT2D eigenvalue weighted by Gasteiger charge is -2.31. The molecule has 0 aliphatic heterocycles. The molecule has 0 heterocycles. The normalized spacial score (nSPS) is 16.9. The zero-order valence-electron chi connectivity index (χ0n) is 11.1. The molecule has 0 aromatic heterocycles. The first kappa shape index (κ1) is 14.4. The molecule has 0 amide bonds. The van der Waals surface area contributed by atoms with Gasteiger partial charge in [-0.1, -0.05) is 0 Å². The van der Waals surface area contributed by atoms with Gasteiger partial charge in [0, 0.05) is 31.8 Å². The number of nitrogens with zero attached hydrogens (tertiary/aromatic N) is 1. The number of rotatable bonds is 7. The van der Waals surface area contributed by atoms with Crippen molar-refractivity contribution in [2.24, 2.45) is 5.73 Å². The predicted octanol–water partition coefficient (Wildman–Crippen LogP) is 2.08. The highest BCUT2D eigenvalue weighted by atomic mass is 19.1. The van der Waals surface area contributed by atoms with E-state index in [0.717, 1.165) is 25.0 Å². The Morgan fingerprint density at radius 1 is 1.42 bits per heavy atom. The first-order valence-electron chi connectivity index (χ1n) is 6.57. The zero-order chi connectivity index (χ0) is 13.8. The molecule has 5 heteroatoms. The Balaban J connectivity index is 2.22. The fourth-order valence-electron chi connectivity index (χ4n) is 2.41. The molecule has 1 fully saturated rings. The first-order chi connectivity index (χ1) is 9.17. The van der Waals surface area contributed by atoms with Crippen molar-refractivity contribution in [2.75, 3.05) is 26.8 Å². The van der Waals surface area contributed by atoms with E-state index in [-0.39, 0.29) is 12.6 Å². The van der Waals surface area contributed by atoms with Crippen LogP contribution in [0.5, 0.6) is 0 Å². The highest BCUT2D eigenvalue weighted by Gasteiger charge is 2.34. The maximum Gasteiger partial charge on any atom is 0.128 e. The van der Waals surface area contributed by atoms with Crippen LogP contribution in [0.3, 0.4) is 0 Å². The molecule has 19 heavy (non-hydrogen) atoms. The van der Waals surface area contributed by atoms with Crippen LogP contribution in [-0.4, -0.2) is 37.7 Å². The Kier molecular flexibility index (Phi) is 4.85. The van der Waals surface area contributed by atoms with Crippen LogP contribution in [0, 0.1) is 11.6 Å². The Hall–Kier alpha value is -1.04. The number of hydrogen-bond donors (Lipinski definition) is 1. The van der Waals surface area contributed by atoms with E-state index in [0.29, 0.717) is 24.8 Å². The van der Waals surface area contributed by atoms with Gasteiger partial charge in [0.15, 0.2) is 0 Å². The average Bonchev–Trinajstić information content (AvgIpc) is 3.22. The highest BCUT2D eigenvalue weighted by molar-refractivity contribution is 5.23. The van der Waals surface area contributed by atoms with E-state index >= 15 is 0 Å². The second-order valence-electron chi connectivity index (χ2n) is 4.88. The van der Waals surface area contributed by atoms with Crippen molar-refractivity contribution in [2.45, 2.75) is 24.9 Å². The van der Waals surface area contributed by atoms with E-state index < -0.39 is 11.6 Å². The van der Waals surface area contributed by atoms with Crippen LogP contribution in [-0.2, 0) is 4.74 Å². The van der Waals surface area contributed by atoms with E-state index in [1.807, 2.05) is 0 Å². The van der Waals surface area contributed by atoms with Crippen LogP contribution in [0.25, 0.3) is 0 Å². The molecule has 0 spiro atoms. The summed E-state index contributed by atoms with van der Waals surface area (Å²) in [4.78, 5) is 2.13. The molecule has 1 atom stereocenters. The summed E-state index contributed by atoms with van der Waals surface area (Å²) in [5.41, 5.74) is 6.13. The smallest absolute Gasteiger partial charge is 0.128 e. The van der Waals surface area contributed by atoms with E-state index in [9.17, 15) is 8.78 Å². The molecular weight excluding hydrogens is 250 g/mol. The van der Waals surface area contributed by atoms with Gasteiger partial charge in [-0.25, -0.2) is 8.78 Å². The minimum Gasteiger partial charge on any atom is -0.383 e. The summed E-state index contributed by atoms with van der Waals surface area (Å²) in [5, 5.41) is 0. The number of nitrogens with two attached hydrogens (primary N) is 1. The van der Waals surface area contributed by atoms with Gasteiger partial charge in [-0.2, -0.15) is 0 Å². The lowest BCUT2D eigenvalue weighted by Crippen LogP contribution is -2.38. The van der Waals surface area contributed by atoms with Crippen LogP contribution in [0.1, 0.15) is 24.4 Å². The Labute approximate surface area is 112 Å². The topological polar surface area (TPSA) is 38.5 Å². The fraction of sp³-hybridized carbons (Fsp3) is 0.571. The minimum atomic E-state index is -0.433. The van der Waals surface area contributed by atoms with Crippen LogP contribution >= 0.6 is 0 Å². The van der Waals surface area contributed by atoms with Crippen molar-refractivity contribution in [3.05, 3.63) is 35.4 Å². The van der Waals surface area contributed by atoms with Gasteiger partial charge in [0.25, 0.3) is 0 Å². The summed E-state index contributed by atoms with van der Waals surface area (Å²) >= 11 is 0. The van der Waals surface area contributed by atoms with Gasteiger partial charge in [0.05, 0.1) is 12.6 Å². The van der Waals surface area contributed by atoms with E-state index in [1.165, 1.54) is 6.07 Å². The Morgan fingerprint density at radius 3 is 2.74 bits per heavy atom. The molecule has 1 saturated carbocycles. The molecule has 2 N–H and O–H groups in total. The maximum atomic E-state index is 13.9. The molecule has 1 unspecified atom stereocenters. The van der Waals surface area contributed by atoms with Crippen molar-refractivity contribution in [3.63, 3.8) is 0 Å². The molecule has 1 aliphatic carbocycles. The lowest BCUT2D eigenvalue weighted by molar-refractivity contribution is 0.114. The summed E-state index contributed by atoms with van der Waals surface area (Å²) < 4.78 is 32.3. The third-order valence-electron chi connectivity index (χ3n) is 3.51. The standard InChI is InChI=1S/C14H20F2N2O/c1-19-7-6-18(11-3-4-11)14(9-17)12-8-10(15)2-5-13(12)16/h2,5,8,11,14H,3-4,6-7,9,17H2,1H3. The van der Waals surface area contributed by atoms with Crippen molar-refractivity contribution in [1.82, 2.24) is 4.90 Å². The number of benzene rings is 1. The maximum absolute atomic E-state index is 13.9. The van der Waals surface area contributed by atoms with E-state index in [2.05, 4.69) is 4.90 Å². The first-order valence-corrected chi connectivity index (χ1v) is 6.57. The number of hydrogen-bond acceptors (Lipinski definition) is 3. The zero-order valence-corrected chi connectivity index (χ0v) is 11.1. The molecule has 1 aliphatic rings. The summed E-state index contributed by atoms with van der Waals surface area (Å²) in [5.74, 6) is -0.836. The van der Waals surface area contributed by atoms with Crippen molar-refractivity contribution in [1.29, 1.82) is 0 Å². The molecule has 3 nitrogen and oxygen atoms in total. The lowest BCUT2D eigenvalue weighted by atomic mass is 10.0. The van der Waals surface area contributed by atoms with Crippen molar-refractivity contribution >= 4 is 0 Å². The van der Waals surface area contributed by atoms with Crippen molar-refractivity contribution in [3.8, 4) is 0 Å². The Morgan fingerprint density at radius 2 is 2.16 bits per heavy atom. The number of ether oxygens (including phenoxy) is 1. The van der Waals surface area contributed by atoms with E-state index in [4.69, 9.17) is 10.5 Å². The Bertz CT molecular complexity index is 424. The summed E-state index contributed by atoms with van der Waals surface area (Å²) in [6.45, 7) is 1.50. The van der Waals surface area contributed by atoms with E-state index in [1.54, 1.807) is 7.11 Å². The quantitative estimate of drug-likeness (QED) is 0.824. The second kappa shape index (κ2) is 6.41. The fourth-order valence-corrected chi connectivity index (χ4v) is 2.41. The average molecular weight is 270 g/mol. The third-order valence-corrected chi connectivity index (χ3v) is 3.51. The van der Waals surface area contributed by atoms with Gasteiger partial charge in [0.1, 0.15) is 11.6 Å². The molecule has 0 saturated heterocycles. The molecule has 0 radical (unpaired) electrons.